The van der Waals surface area contributed by atoms with E-state index in [0.29, 0.717) is 18.7 Å². The van der Waals surface area contributed by atoms with Crippen molar-refractivity contribution in [2.75, 3.05) is 6.54 Å². The minimum atomic E-state index is -0.127. The Bertz CT molecular complexity index is 515. The summed E-state index contributed by atoms with van der Waals surface area (Å²) in [6, 6.07) is 9.96. The molecule has 0 fully saturated rings. The lowest BCUT2D eigenvalue weighted by molar-refractivity contribution is -0.120. The number of benzene rings is 1. The Labute approximate surface area is 186 Å². The molecule has 2 nitrogen and oxygen atoms in total. The molecule has 166 valence electrons. The third-order valence-electron chi connectivity index (χ3n) is 5.51. The molecule has 1 aromatic carbocycles. The van der Waals surface area contributed by atoms with Crippen LogP contribution in [0.4, 0.5) is 0 Å². The summed E-state index contributed by atoms with van der Waals surface area (Å²) in [5.74, 6) is 0.171. The summed E-state index contributed by atoms with van der Waals surface area (Å²) in [6.45, 7) is 2.68. The predicted octanol–water partition coefficient (Wildman–Crippen LogP) is 7.76. The molecule has 1 unspecified atom stereocenters. The molecule has 3 heteroatoms. The van der Waals surface area contributed by atoms with Crippen LogP contribution in [0, 0.1) is 0 Å². The first kappa shape index (κ1) is 27.9. The zero-order valence-electron chi connectivity index (χ0n) is 18.6. The number of carbonyl (C=O) groups is 1. The van der Waals surface area contributed by atoms with E-state index in [4.69, 9.17) is 5.73 Å². The first-order valence-electron chi connectivity index (χ1n) is 11.7. The van der Waals surface area contributed by atoms with Gasteiger partial charge in [0.25, 0.3) is 0 Å². The Hall–Kier alpha value is -1.12. The van der Waals surface area contributed by atoms with Gasteiger partial charge in [-0.1, -0.05) is 101 Å². The van der Waals surface area contributed by atoms with Gasteiger partial charge in [0.05, 0.1) is 5.92 Å². The van der Waals surface area contributed by atoms with Crippen molar-refractivity contribution < 1.29 is 4.79 Å². The predicted molar refractivity (Wildman–Crippen MR) is 130 cm³/mol. The number of Topliss-reactive ketones (excluding diaryl/α,β-unsaturated/α-hetero) is 1. The topological polar surface area (TPSA) is 43.1 Å². The molecule has 0 saturated carbocycles. The molecule has 0 aliphatic carbocycles. The van der Waals surface area contributed by atoms with Gasteiger partial charge >= 0.3 is 0 Å². The van der Waals surface area contributed by atoms with Crippen molar-refractivity contribution in [1.29, 1.82) is 0 Å². The second kappa shape index (κ2) is 20.2. The summed E-state index contributed by atoms with van der Waals surface area (Å²) in [5, 5.41) is 0. The van der Waals surface area contributed by atoms with Crippen molar-refractivity contribution in [3.63, 3.8) is 0 Å². The fourth-order valence-electron chi connectivity index (χ4n) is 3.68. The molecule has 0 aromatic heterocycles. The van der Waals surface area contributed by atoms with E-state index in [1.54, 1.807) is 0 Å². The molecule has 1 rings (SSSR count). The van der Waals surface area contributed by atoms with E-state index in [2.05, 4.69) is 19.1 Å². The first-order chi connectivity index (χ1) is 13.8. The molecule has 0 bridgehead atoms. The molecule has 0 amide bonds. The van der Waals surface area contributed by atoms with E-state index in [0.717, 1.165) is 18.4 Å². The Morgan fingerprint density at radius 1 is 0.828 bits per heavy atom. The maximum atomic E-state index is 12.4. The van der Waals surface area contributed by atoms with Gasteiger partial charge in [-0.3, -0.25) is 4.79 Å². The summed E-state index contributed by atoms with van der Waals surface area (Å²) >= 11 is 0. The Balaban J connectivity index is 0.00000784. The highest BCUT2D eigenvalue weighted by atomic mass is 35.5. The minimum Gasteiger partial charge on any atom is -0.329 e. The fourth-order valence-corrected chi connectivity index (χ4v) is 3.68. The lowest BCUT2D eigenvalue weighted by Gasteiger charge is -2.13. The molecule has 0 heterocycles. The van der Waals surface area contributed by atoms with E-state index in [9.17, 15) is 4.79 Å². The van der Waals surface area contributed by atoms with E-state index >= 15 is 0 Å². The number of nitrogens with two attached hydrogens (primary N) is 1. The summed E-state index contributed by atoms with van der Waals surface area (Å²) in [5.41, 5.74) is 6.89. The largest absolute Gasteiger partial charge is 0.329 e. The van der Waals surface area contributed by atoms with Crippen LogP contribution < -0.4 is 5.73 Å². The number of unbranched alkanes of at least 4 members (excludes halogenated alkanes) is 11. The quantitative estimate of drug-likeness (QED) is 0.194. The van der Waals surface area contributed by atoms with Gasteiger partial charge < -0.3 is 5.73 Å². The van der Waals surface area contributed by atoms with Gasteiger partial charge in [0, 0.05) is 13.0 Å². The van der Waals surface area contributed by atoms with Crippen LogP contribution in [0.15, 0.2) is 42.5 Å². The van der Waals surface area contributed by atoms with Gasteiger partial charge in [-0.15, -0.1) is 12.4 Å². The van der Waals surface area contributed by atoms with E-state index in [1.807, 2.05) is 30.3 Å². The highest BCUT2D eigenvalue weighted by Crippen LogP contribution is 2.19. The Kier molecular flexibility index (Phi) is 19.4. The molecule has 2 N–H and O–H groups in total. The Morgan fingerprint density at radius 3 is 1.90 bits per heavy atom. The highest BCUT2D eigenvalue weighted by molar-refractivity contribution is 5.86. The first-order valence-corrected chi connectivity index (χ1v) is 11.7. The molecule has 0 aliphatic heterocycles. The number of ketones is 1. The standard InChI is InChI=1S/C26H43NO.ClH/c1-2-3-4-5-6-7-8-9-10-11-12-13-14-15-19-22-26(28)25(23-27)24-20-17-16-18-21-24;/h9-10,16-18,20-21,25H,2-8,11-15,19,22-23,27H2,1H3;1H/b10-9-;. The van der Waals surface area contributed by atoms with Crippen LogP contribution in [0.3, 0.4) is 0 Å². The smallest absolute Gasteiger partial charge is 0.141 e. The number of halogens is 1. The molecular weight excluding hydrogens is 378 g/mol. The van der Waals surface area contributed by atoms with Crippen LogP contribution in [-0.2, 0) is 4.79 Å². The molecule has 0 radical (unpaired) electrons. The molecule has 0 saturated heterocycles. The van der Waals surface area contributed by atoms with Crippen molar-refractivity contribution >= 4 is 18.2 Å². The molecule has 0 spiro atoms. The molecule has 29 heavy (non-hydrogen) atoms. The van der Waals surface area contributed by atoms with Gasteiger partial charge in [0.2, 0.25) is 0 Å². The van der Waals surface area contributed by atoms with Gasteiger partial charge in [-0.25, -0.2) is 0 Å². The van der Waals surface area contributed by atoms with Crippen molar-refractivity contribution in [2.45, 2.75) is 103 Å². The number of hydrogen-bond donors (Lipinski definition) is 1. The van der Waals surface area contributed by atoms with Gasteiger partial charge in [-0.2, -0.15) is 0 Å². The number of allylic oxidation sites excluding steroid dienone is 2. The maximum absolute atomic E-state index is 12.4. The lowest BCUT2D eigenvalue weighted by atomic mass is 9.92. The normalized spacial score (nSPS) is 12.1. The Morgan fingerprint density at radius 2 is 1.34 bits per heavy atom. The van der Waals surface area contributed by atoms with Crippen LogP contribution in [0.5, 0.6) is 0 Å². The van der Waals surface area contributed by atoms with Gasteiger partial charge in [0.15, 0.2) is 0 Å². The number of carbonyl (C=O) groups excluding carboxylic acids is 1. The fraction of sp³-hybridized carbons (Fsp3) is 0.654. The molecule has 1 atom stereocenters. The number of hydrogen-bond acceptors (Lipinski definition) is 2. The highest BCUT2D eigenvalue weighted by Gasteiger charge is 2.17. The summed E-state index contributed by atoms with van der Waals surface area (Å²) in [7, 11) is 0. The molecular formula is C26H44ClNO. The summed E-state index contributed by atoms with van der Waals surface area (Å²) < 4.78 is 0. The maximum Gasteiger partial charge on any atom is 0.141 e. The third-order valence-corrected chi connectivity index (χ3v) is 5.51. The average molecular weight is 422 g/mol. The van der Waals surface area contributed by atoms with Crippen molar-refractivity contribution in [3.8, 4) is 0 Å². The molecule has 1 aromatic rings. The monoisotopic (exact) mass is 421 g/mol. The zero-order chi connectivity index (χ0) is 20.3. The number of rotatable bonds is 18. The van der Waals surface area contributed by atoms with E-state index < -0.39 is 0 Å². The molecule has 0 aliphatic rings. The second-order valence-corrected chi connectivity index (χ2v) is 8.00. The zero-order valence-corrected chi connectivity index (χ0v) is 19.4. The van der Waals surface area contributed by atoms with Crippen LogP contribution in [0.2, 0.25) is 0 Å². The van der Waals surface area contributed by atoms with Gasteiger partial charge in [0.1, 0.15) is 5.78 Å². The van der Waals surface area contributed by atoms with Crippen LogP contribution in [0.1, 0.15) is 108 Å². The summed E-state index contributed by atoms with van der Waals surface area (Å²) in [6.07, 6.45) is 22.0. The lowest BCUT2D eigenvalue weighted by Crippen LogP contribution is -2.21. The van der Waals surface area contributed by atoms with E-state index in [1.165, 1.54) is 70.6 Å². The SMILES string of the molecule is CCCCCCCC/C=C\CCCCCCCC(=O)C(CN)c1ccccc1.Cl. The van der Waals surface area contributed by atoms with Crippen molar-refractivity contribution in [2.24, 2.45) is 5.73 Å². The van der Waals surface area contributed by atoms with Crippen molar-refractivity contribution in [1.82, 2.24) is 0 Å². The minimum absolute atomic E-state index is 0. The van der Waals surface area contributed by atoms with Gasteiger partial charge in [-0.05, 0) is 37.7 Å². The van der Waals surface area contributed by atoms with Crippen LogP contribution in [-0.4, -0.2) is 12.3 Å². The van der Waals surface area contributed by atoms with Crippen molar-refractivity contribution in [3.05, 3.63) is 48.0 Å². The second-order valence-electron chi connectivity index (χ2n) is 8.00. The third kappa shape index (κ3) is 14.5. The van der Waals surface area contributed by atoms with Crippen LogP contribution in [0.25, 0.3) is 0 Å². The summed E-state index contributed by atoms with van der Waals surface area (Å²) in [4.78, 5) is 12.4. The van der Waals surface area contributed by atoms with E-state index in [-0.39, 0.29) is 18.3 Å². The van der Waals surface area contributed by atoms with Crippen LogP contribution >= 0.6 is 12.4 Å². The average Bonchev–Trinajstić information content (AvgIpc) is 2.72.